The van der Waals surface area contributed by atoms with Crippen LogP contribution in [0.3, 0.4) is 0 Å². The summed E-state index contributed by atoms with van der Waals surface area (Å²) in [5.74, 6) is -1.13. The zero-order valence-corrected chi connectivity index (χ0v) is 15.4. The maximum atomic E-state index is 12.5. The average molecular weight is 381 g/mol. The van der Waals surface area contributed by atoms with Crippen LogP contribution in [0.2, 0.25) is 0 Å². The molecule has 0 aromatic heterocycles. The van der Waals surface area contributed by atoms with Crippen molar-refractivity contribution in [2.24, 2.45) is 0 Å². The molecule has 1 aliphatic rings. The third kappa shape index (κ3) is 5.09. The van der Waals surface area contributed by atoms with Crippen molar-refractivity contribution in [3.63, 3.8) is 0 Å². The van der Waals surface area contributed by atoms with Crippen molar-refractivity contribution in [3.8, 4) is 0 Å². The Hall–Kier alpha value is -3.35. The summed E-state index contributed by atoms with van der Waals surface area (Å²) in [6.45, 7) is 1.06. The number of urea groups is 1. The van der Waals surface area contributed by atoms with E-state index in [1.165, 1.54) is 6.07 Å². The van der Waals surface area contributed by atoms with Gasteiger partial charge in [0.1, 0.15) is 0 Å². The highest BCUT2D eigenvalue weighted by molar-refractivity contribution is 5.92. The number of carbonyl (C=O) groups excluding carboxylic acids is 2. The fraction of sp³-hybridized carbons (Fsp3) is 0.286. The molecule has 1 aliphatic heterocycles. The number of likely N-dealkylation sites (tertiary alicyclic amines) is 1. The van der Waals surface area contributed by atoms with E-state index in [-0.39, 0.29) is 30.0 Å². The number of hydrogen-bond acceptors (Lipinski definition) is 3. The molecule has 28 heavy (non-hydrogen) atoms. The molecule has 7 nitrogen and oxygen atoms in total. The van der Waals surface area contributed by atoms with Crippen molar-refractivity contribution >= 4 is 23.6 Å². The van der Waals surface area contributed by atoms with E-state index in [9.17, 15) is 19.5 Å². The van der Waals surface area contributed by atoms with Crippen LogP contribution in [0.4, 0.5) is 10.5 Å². The molecule has 2 aromatic rings. The summed E-state index contributed by atoms with van der Waals surface area (Å²) in [4.78, 5) is 37.6. The first-order chi connectivity index (χ1) is 13.5. The highest BCUT2D eigenvalue weighted by Crippen LogP contribution is 2.15. The van der Waals surface area contributed by atoms with Crippen molar-refractivity contribution in [1.82, 2.24) is 10.2 Å². The van der Waals surface area contributed by atoms with Gasteiger partial charge >= 0.3 is 12.0 Å². The van der Waals surface area contributed by atoms with Crippen LogP contribution in [0.25, 0.3) is 0 Å². The summed E-state index contributed by atoms with van der Waals surface area (Å²) in [6.07, 6.45) is 1.39. The Morgan fingerprint density at radius 3 is 2.29 bits per heavy atom. The second-order valence-corrected chi connectivity index (χ2v) is 6.76. The molecule has 2 aromatic carbocycles. The van der Waals surface area contributed by atoms with Crippen molar-refractivity contribution in [1.29, 1.82) is 0 Å². The molecule has 3 amide bonds. The van der Waals surface area contributed by atoms with Crippen LogP contribution in [0.5, 0.6) is 0 Å². The number of carboxylic acid groups (broad SMARTS) is 1. The Labute approximate surface area is 163 Å². The van der Waals surface area contributed by atoms with E-state index in [0.29, 0.717) is 31.5 Å². The summed E-state index contributed by atoms with van der Waals surface area (Å²) >= 11 is 0. The molecule has 0 bridgehead atoms. The largest absolute Gasteiger partial charge is 0.478 e. The molecule has 0 aliphatic carbocycles. The molecule has 146 valence electrons. The monoisotopic (exact) mass is 381 g/mol. The number of benzene rings is 2. The molecule has 1 saturated heterocycles. The van der Waals surface area contributed by atoms with Gasteiger partial charge in [0.05, 0.1) is 12.0 Å². The lowest BCUT2D eigenvalue weighted by atomic mass is 10.0. The first kappa shape index (κ1) is 19.4. The summed E-state index contributed by atoms with van der Waals surface area (Å²) in [5, 5.41) is 15.0. The second kappa shape index (κ2) is 9.03. The van der Waals surface area contributed by atoms with Gasteiger partial charge in [-0.3, -0.25) is 4.79 Å². The van der Waals surface area contributed by atoms with E-state index in [2.05, 4.69) is 10.6 Å². The lowest BCUT2D eigenvalue weighted by molar-refractivity contribution is -0.131. The predicted octanol–water partition coefficient (Wildman–Crippen LogP) is 2.74. The number of anilines is 1. The Morgan fingerprint density at radius 1 is 0.964 bits per heavy atom. The van der Waals surface area contributed by atoms with Crippen molar-refractivity contribution in [3.05, 3.63) is 65.7 Å². The summed E-state index contributed by atoms with van der Waals surface area (Å²) in [5.41, 5.74) is 1.40. The van der Waals surface area contributed by atoms with Crippen molar-refractivity contribution in [2.75, 3.05) is 18.4 Å². The van der Waals surface area contributed by atoms with Gasteiger partial charge < -0.3 is 20.6 Å². The molecule has 1 fully saturated rings. The summed E-state index contributed by atoms with van der Waals surface area (Å²) in [6, 6.07) is 15.5. The number of rotatable bonds is 5. The number of carboxylic acids is 1. The quantitative estimate of drug-likeness (QED) is 0.742. The molecule has 3 N–H and O–H groups in total. The Balaban J connectivity index is 1.48. The standard InChI is InChI=1S/C21H23N3O4/c25-19(14-15-6-4-5-9-18(15)20(26)27)24-12-10-17(11-13-24)23-21(28)22-16-7-2-1-3-8-16/h1-9,17H,10-14H2,(H,26,27)(H2,22,23,28). The predicted molar refractivity (Wildman–Crippen MR) is 105 cm³/mol. The molecular weight excluding hydrogens is 358 g/mol. The minimum atomic E-state index is -1.03. The van der Waals surface area contributed by atoms with E-state index >= 15 is 0 Å². The van der Waals surface area contributed by atoms with Crippen LogP contribution in [0.1, 0.15) is 28.8 Å². The molecule has 0 radical (unpaired) electrons. The van der Waals surface area contributed by atoms with Gasteiger partial charge in [0.2, 0.25) is 5.91 Å². The fourth-order valence-corrected chi connectivity index (χ4v) is 3.31. The highest BCUT2D eigenvalue weighted by atomic mass is 16.4. The minimum absolute atomic E-state index is 0.000863. The van der Waals surface area contributed by atoms with Crippen LogP contribution in [-0.2, 0) is 11.2 Å². The number of para-hydroxylation sites is 1. The van der Waals surface area contributed by atoms with Crippen molar-refractivity contribution < 1.29 is 19.5 Å². The Kier molecular flexibility index (Phi) is 6.26. The van der Waals surface area contributed by atoms with Gasteiger partial charge in [-0.1, -0.05) is 36.4 Å². The Bertz CT molecular complexity index is 846. The van der Waals surface area contributed by atoms with Gasteiger partial charge in [0.15, 0.2) is 0 Å². The van der Waals surface area contributed by atoms with Crippen LogP contribution >= 0.6 is 0 Å². The minimum Gasteiger partial charge on any atom is -0.478 e. The topological polar surface area (TPSA) is 98.7 Å². The van der Waals surface area contributed by atoms with Gasteiger partial charge in [0, 0.05) is 24.8 Å². The summed E-state index contributed by atoms with van der Waals surface area (Å²) < 4.78 is 0. The zero-order chi connectivity index (χ0) is 19.9. The third-order valence-electron chi connectivity index (χ3n) is 4.80. The lowest BCUT2D eigenvalue weighted by Crippen LogP contribution is -2.48. The second-order valence-electron chi connectivity index (χ2n) is 6.76. The van der Waals surface area contributed by atoms with Crippen LogP contribution < -0.4 is 10.6 Å². The van der Waals surface area contributed by atoms with Crippen LogP contribution in [0, 0.1) is 0 Å². The normalized spacial score (nSPS) is 14.4. The molecule has 3 rings (SSSR count). The molecule has 0 atom stereocenters. The number of nitrogens with one attached hydrogen (secondary N) is 2. The van der Waals surface area contributed by atoms with E-state index in [4.69, 9.17) is 0 Å². The molecular formula is C21H23N3O4. The number of piperidine rings is 1. The van der Waals surface area contributed by atoms with Gasteiger partial charge in [0.25, 0.3) is 0 Å². The van der Waals surface area contributed by atoms with Gasteiger partial charge in [-0.25, -0.2) is 9.59 Å². The molecule has 0 saturated carbocycles. The molecule has 0 unspecified atom stereocenters. The maximum Gasteiger partial charge on any atom is 0.335 e. The van der Waals surface area contributed by atoms with E-state index < -0.39 is 5.97 Å². The van der Waals surface area contributed by atoms with Crippen LogP contribution in [0.15, 0.2) is 54.6 Å². The number of hydrogen-bond donors (Lipinski definition) is 3. The number of aromatic carboxylic acids is 1. The zero-order valence-electron chi connectivity index (χ0n) is 15.4. The lowest BCUT2D eigenvalue weighted by Gasteiger charge is -2.32. The number of nitrogens with zero attached hydrogens (tertiary/aromatic N) is 1. The molecule has 0 spiro atoms. The van der Waals surface area contributed by atoms with Gasteiger partial charge in [-0.05, 0) is 36.6 Å². The van der Waals surface area contributed by atoms with E-state index in [1.807, 2.05) is 30.3 Å². The fourth-order valence-electron chi connectivity index (χ4n) is 3.31. The van der Waals surface area contributed by atoms with Gasteiger partial charge in [-0.2, -0.15) is 0 Å². The first-order valence-electron chi connectivity index (χ1n) is 9.24. The average Bonchev–Trinajstić information content (AvgIpc) is 2.69. The van der Waals surface area contributed by atoms with E-state index in [0.717, 1.165) is 5.69 Å². The number of amides is 3. The first-order valence-corrected chi connectivity index (χ1v) is 9.24. The van der Waals surface area contributed by atoms with Crippen LogP contribution in [-0.4, -0.2) is 47.0 Å². The SMILES string of the molecule is O=C(Nc1ccccc1)NC1CCN(C(=O)Cc2ccccc2C(=O)O)CC1. The summed E-state index contributed by atoms with van der Waals surface area (Å²) in [7, 11) is 0. The number of carbonyl (C=O) groups is 3. The Morgan fingerprint density at radius 2 is 1.61 bits per heavy atom. The van der Waals surface area contributed by atoms with Crippen molar-refractivity contribution in [2.45, 2.75) is 25.3 Å². The van der Waals surface area contributed by atoms with Gasteiger partial charge in [-0.15, -0.1) is 0 Å². The van der Waals surface area contributed by atoms with E-state index in [1.54, 1.807) is 23.1 Å². The third-order valence-corrected chi connectivity index (χ3v) is 4.80. The maximum absolute atomic E-state index is 12.5. The highest BCUT2D eigenvalue weighted by Gasteiger charge is 2.24. The smallest absolute Gasteiger partial charge is 0.335 e. The molecule has 1 heterocycles. The molecule has 7 heteroatoms.